The number of hydrogen-bond acceptors (Lipinski definition) is 3. The van der Waals surface area contributed by atoms with E-state index in [2.05, 4.69) is 40.8 Å². The maximum atomic E-state index is 5.76. The maximum Gasteiger partial charge on any atom is 0.140 e. The van der Waals surface area contributed by atoms with Gasteiger partial charge in [0.25, 0.3) is 0 Å². The molecular formula is C14H20N4OSi. The Bertz CT molecular complexity index is 726. The highest BCUT2D eigenvalue weighted by Crippen LogP contribution is 2.18. The SMILES string of the molecule is C[Si](C)(C)CCOCn1ncc2nc3[nH]ccc3cc21. The molecule has 0 fully saturated rings. The van der Waals surface area contributed by atoms with E-state index in [-0.39, 0.29) is 0 Å². The molecule has 0 atom stereocenters. The molecule has 0 amide bonds. The topological polar surface area (TPSA) is 55.7 Å². The Hall–Kier alpha value is -1.66. The molecule has 3 rings (SSSR count). The Labute approximate surface area is 119 Å². The molecule has 0 aliphatic heterocycles. The fourth-order valence-electron chi connectivity index (χ4n) is 2.11. The van der Waals surface area contributed by atoms with Crippen LogP contribution in [0.1, 0.15) is 0 Å². The van der Waals surface area contributed by atoms with Crippen LogP contribution < -0.4 is 0 Å². The third kappa shape index (κ3) is 2.76. The summed E-state index contributed by atoms with van der Waals surface area (Å²) in [5.74, 6) is 0. The highest BCUT2D eigenvalue weighted by molar-refractivity contribution is 6.76. The molecule has 3 heterocycles. The largest absolute Gasteiger partial charge is 0.360 e. The Morgan fingerprint density at radius 2 is 2.20 bits per heavy atom. The van der Waals surface area contributed by atoms with E-state index in [4.69, 9.17) is 4.74 Å². The number of hydrogen-bond donors (Lipinski definition) is 1. The fraction of sp³-hybridized carbons (Fsp3) is 0.429. The molecule has 0 saturated heterocycles. The van der Waals surface area contributed by atoms with Gasteiger partial charge in [-0.25, -0.2) is 9.67 Å². The van der Waals surface area contributed by atoms with Gasteiger partial charge in [-0.1, -0.05) is 19.6 Å². The molecule has 0 bridgehead atoms. The Morgan fingerprint density at radius 3 is 3.00 bits per heavy atom. The molecule has 0 saturated carbocycles. The van der Waals surface area contributed by atoms with Crippen molar-refractivity contribution in [3.8, 4) is 0 Å². The van der Waals surface area contributed by atoms with E-state index < -0.39 is 8.07 Å². The molecule has 0 aliphatic carbocycles. The van der Waals surface area contributed by atoms with Gasteiger partial charge in [0, 0.05) is 26.3 Å². The first-order valence-corrected chi connectivity index (χ1v) is 10.6. The summed E-state index contributed by atoms with van der Waals surface area (Å²) in [6, 6.07) is 5.29. The molecule has 0 unspecified atom stereocenters. The fourth-order valence-corrected chi connectivity index (χ4v) is 2.86. The van der Waals surface area contributed by atoms with Gasteiger partial charge in [0.15, 0.2) is 0 Å². The van der Waals surface area contributed by atoms with Crippen LogP contribution in [-0.2, 0) is 11.5 Å². The Morgan fingerprint density at radius 1 is 1.35 bits per heavy atom. The van der Waals surface area contributed by atoms with E-state index in [9.17, 15) is 0 Å². The zero-order valence-electron chi connectivity index (χ0n) is 12.2. The van der Waals surface area contributed by atoms with Crippen LogP contribution in [0.15, 0.2) is 24.5 Å². The minimum atomic E-state index is -1.03. The molecule has 5 nitrogen and oxygen atoms in total. The van der Waals surface area contributed by atoms with Crippen molar-refractivity contribution < 1.29 is 4.74 Å². The second kappa shape index (κ2) is 5.03. The van der Waals surface area contributed by atoms with E-state index >= 15 is 0 Å². The second-order valence-corrected chi connectivity index (χ2v) is 11.9. The molecule has 3 aromatic rings. The summed E-state index contributed by atoms with van der Waals surface area (Å²) in [5.41, 5.74) is 2.82. The Kier molecular flexibility index (Phi) is 3.35. The van der Waals surface area contributed by atoms with Gasteiger partial charge in [0.1, 0.15) is 17.9 Å². The molecule has 0 aromatic carbocycles. The lowest BCUT2D eigenvalue weighted by molar-refractivity contribution is 0.0817. The first-order valence-electron chi connectivity index (χ1n) is 6.90. The number of pyridine rings is 1. The quantitative estimate of drug-likeness (QED) is 0.579. The summed E-state index contributed by atoms with van der Waals surface area (Å²) in [4.78, 5) is 7.65. The number of aromatic nitrogens is 4. The van der Waals surface area contributed by atoms with Crippen LogP contribution in [-0.4, -0.2) is 34.4 Å². The summed E-state index contributed by atoms with van der Waals surface area (Å²) in [7, 11) is -1.03. The number of aromatic amines is 1. The van der Waals surface area contributed by atoms with E-state index in [1.165, 1.54) is 6.04 Å². The number of rotatable bonds is 5. The lowest BCUT2D eigenvalue weighted by Gasteiger charge is -2.15. The molecule has 6 heteroatoms. The predicted octanol–water partition coefficient (Wildman–Crippen LogP) is 3.22. The van der Waals surface area contributed by atoms with Crippen LogP contribution in [0.2, 0.25) is 25.7 Å². The monoisotopic (exact) mass is 288 g/mol. The van der Waals surface area contributed by atoms with Crippen molar-refractivity contribution in [1.29, 1.82) is 0 Å². The number of nitrogens with zero attached hydrogens (tertiary/aromatic N) is 3. The van der Waals surface area contributed by atoms with Crippen LogP contribution in [0.3, 0.4) is 0 Å². The van der Waals surface area contributed by atoms with Crippen molar-refractivity contribution in [2.75, 3.05) is 6.61 Å². The molecule has 1 N–H and O–H groups in total. The van der Waals surface area contributed by atoms with E-state index in [0.717, 1.165) is 28.7 Å². The molecule has 106 valence electrons. The van der Waals surface area contributed by atoms with Gasteiger partial charge in [-0.2, -0.15) is 5.10 Å². The van der Waals surface area contributed by atoms with Crippen molar-refractivity contribution in [3.05, 3.63) is 24.5 Å². The predicted molar refractivity (Wildman–Crippen MR) is 83.5 cm³/mol. The first-order chi connectivity index (χ1) is 9.53. The molecule has 0 spiro atoms. The van der Waals surface area contributed by atoms with E-state index in [1.807, 2.05) is 16.9 Å². The normalized spacial score (nSPS) is 12.6. The average Bonchev–Trinajstić information content (AvgIpc) is 2.97. The van der Waals surface area contributed by atoms with Gasteiger partial charge >= 0.3 is 0 Å². The molecule has 0 aliphatic rings. The Balaban J connectivity index is 1.74. The van der Waals surface area contributed by atoms with Crippen molar-refractivity contribution in [2.45, 2.75) is 32.4 Å². The maximum absolute atomic E-state index is 5.76. The highest BCUT2D eigenvalue weighted by Gasteiger charge is 2.12. The molecule has 0 radical (unpaired) electrons. The molecule has 20 heavy (non-hydrogen) atoms. The minimum absolute atomic E-state index is 0.492. The third-order valence-electron chi connectivity index (χ3n) is 3.35. The van der Waals surface area contributed by atoms with Crippen molar-refractivity contribution >= 4 is 30.1 Å². The zero-order valence-corrected chi connectivity index (χ0v) is 13.2. The van der Waals surface area contributed by atoms with Crippen molar-refractivity contribution in [1.82, 2.24) is 19.7 Å². The number of fused-ring (bicyclic) bond motifs is 2. The smallest absolute Gasteiger partial charge is 0.140 e. The van der Waals surface area contributed by atoms with Gasteiger partial charge in [-0.3, -0.25) is 0 Å². The summed E-state index contributed by atoms with van der Waals surface area (Å²) < 4.78 is 7.63. The van der Waals surface area contributed by atoms with Crippen LogP contribution in [0.4, 0.5) is 0 Å². The molecular weight excluding hydrogens is 268 g/mol. The summed E-state index contributed by atoms with van der Waals surface area (Å²) in [6.07, 6.45) is 3.69. The summed E-state index contributed by atoms with van der Waals surface area (Å²) >= 11 is 0. The number of ether oxygens (including phenoxy) is 1. The number of nitrogens with one attached hydrogen (secondary N) is 1. The van der Waals surface area contributed by atoms with Gasteiger partial charge in [0.05, 0.1) is 11.7 Å². The van der Waals surface area contributed by atoms with E-state index in [0.29, 0.717) is 6.73 Å². The zero-order chi connectivity index (χ0) is 14.2. The lowest BCUT2D eigenvalue weighted by atomic mass is 10.3. The second-order valence-electron chi connectivity index (χ2n) is 6.30. The van der Waals surface area contributed by atoms with Crippen LogP contribution in [0, 0.1) is 0 Å². The standard InChI is InChI=1S/C14H20N4OSi/c1-20(2,3)7-6-19-10-18-13-8-11-4-5-15-14(11)17-12(13)9-16-18/h4-5,8-9H,6-7,10H2,1-3H3,(H,15,17). The van der Waals surface area contributed by atoms with Gasteiger partial charge in [0.2, 0.25) is 0 Å². The summed E-state index contributed by atoms with van der Waals surface area (Å²) in [6.45, 7) is 8.35. The van der Waals surface area contributed by atoms with Gasteiger partial charge in [-0.15, -0.1) is 0 Å². The first kappa shape index (κ1) is 13.3. The van der Waals surface area contributed by atoms with Crippen LogP contribution in [0.25, 0.3) is 22.1 Å². The van der Waals surface area contributed by atoms with Crippen molar-refractivity contribution in [3.63, 3.8) is 0 Å². The van der Waals surface area contributed by atoms with Crippen LogP contribution >= 0.6 is 0 Å². The van der Waals surface area contributed by atoms with Crippen molar-refractivity contribution in [2.24, 2.45) is 0 Å². The van der Waals surface area contributed by atoms with Crippen LogP contribution in [0.5, 0.6) is 0 Å². The van der Waals surface area contributed by atoms with Gasteiger partial charge < -0.3 is 9.72 Å². The number of H-pyrrole nitrogens is 1. The minimum Gasteiger partial charge on any atom is -0.360 e. The highest BCUT2D eigenvalue weighted by atomic mass is 28.3. The van der Waals surface area contributed by atoms with E-state index in [1.54, 1.807) is 6.20 Å². The summed E-state index contributed by atoms with van der Waals surface area (Å²) in [5, 5.41) is 5.46. The van der Waals surface area contributed by atoms with Gasteiger partial charge in [-0.05, 0) is 18.2 Å². The molecule has 3 aromatic heterocycles. The average molecular weight is 288 g/mol. The lowest BCUT2D eigenvalue weighted by Crippen LogP contribution is -2.22. The third-order valence-corrected chi connectivity index (χ3v) is 5.05.